The molecule has 0 saturated carbocycles. The molecule has 0 aliphatic carbocycles. The van der Waals surface area contributed by atoms with Crippen LogP contribution in [-0.4, -0.2) is 19.7 Å². The van der Waals surface area contributed by atoms with Crippen LogP contribution in [0.2, 0.25) is 0 Å². The van der Waals surface area contributed by atoms with E-state index < -0.39 is 12.6 Å². The number of halogens is 2. The minimum atomic E-state index is -2.87. The van der Waals surface area contributed by atoms with Gasteiger partial charge < -0.3 is 9.47 Å². The van der Waals surface area contributed by atoms with Crippen LogP contribution in [0.25, 0.3) is 0 Å². The molecular formula is C8H8F2O3S. The lowest BCUT2D eigenvalue weighted by molar-refractivity contribution is -0.139. The Morgan fingerprint density at radius 2 is 2.36 bits per heavy atom. The molecule has 0 aliphatic heterocycles. The van der Waals surface area contributed by atoms with E-state index in [9.17, 15) is 13.6 Å². The Hall–Kier alpha value is -1.17. The second-order valence-electron chi connectivity index (χ2n) is 2.34. The molecule has 0 N–H and O–H groups in total. The SMILES string of the molecule is COC(=O)Cc1sccc1OC(F)F. The van der Waals surface area contributed by atoms with Gasteiger partial charge >= 0.3 is 12.6 Å². The van der Waals surface area contributed by atoms with Crippen LogP contribution in [-0.2, 0) is 16.0 Å². The maximum Gasteiger partial charge on any atom is 0.387 e. The van der Waals surface area contributed by atoms with Gasteiger partial charge in [0, 0.05) is 0 Å². The van der Waals surface area contributed by atoms with Crippen molar-refractivity contribution in [1.82, 2.24) is 0 Å². The number of alkyl halides is 2. The molecule has 6 heteroatoms. The molecule has 0 aromatic carbocycles. The van der Waals surface area contributed by atoms with E-state index >= 15 is 0 Å². The molecule has 1 heterocycles. The van der Waals surface area contributed by atoms with Crippen molar-refractivity contribution < 1.29 is 23.0 Å². The lowest BCUT2D eigenvalue weighted by Crippen LogP contribution is -2.07. The Labute approximate surface area is 83.3 Å². The molecule has 0 unspecified atom stereocenters. The molecule has 0 saturated heterocycles. The first-order valence-electron chi connectivity index (χ1n) is 3.71. The van der Waals surface area contributed by atoms with E-state index in [-0.39, 0.29) is 12.2 Å². The van der Waals surface area contributed by atoms with E-state index in [1.54, 1.807) is 5.38 Å². The molecule has 0 atom stereocenters. The van der Waals surface area contributed by atoms with Crippen LogP contribution in [0.1, 0.15) is 4.88 Å². The van der Waals surface area contributed by atoms with Gasteiger partial charge in [-0.1, -0.05) is 0 Å². The van der Waals surface area contributed by atoms with Crippen molar-refractivity contribution in [3.63, 3.8) is 0 Å². The van der Waals surface area contributed by atoms with Crippen LogP contribution >= 0.6 is 11.3 Å². The van der Waals surface area contributed by atoms with Gasteiger partial charge in [0.1, 0.15) is 5.75 Å². The van der Waals surface area contributed by atoms with Crippen LogP contribution in [0, 0.1) is 0 Å². The van der Waals surface area contributed by atoms with E-state index in [0.29, 0.717) is 4.88 Å². The summed E-state index contributed by atoms with van der Waals surface area (Å²) in [6, 6.07) is 1.40. The molecule has 0 fully saturated rings. The van der Waals surface area contributed by atoms with Gasteiger partial charge in [0.15, 0.2) is 0 Å². The molecule has 1 aromatic rings. The maximum absolute atomic E-state index is 11.9. The van der Waals surface area contributed by atoms with Gasteiger partial charge in [-0.25, -0.2) is 0 Å². The van der Waals surface area contributed by atoms with Gasteiger partial charge in [0.05, 0.1) is 18.4 Å². The summed E-state index contributed by atoms with van der Waals surface area (Å²) >= 11 is 1.18. The average molecular weight is 222 g/mol. The number of ether oxygens (including phenoxy) is 2. The highest BCUT2D eigenvalue weighted by Crippen LogP contribution is 2.26. The zero-order valence-corrected chi connectivity index (χ0v) is 8.14. The van der Waals surface area contributed by atoms with Crippen molar-refractivity contribution in [3.05, 3.63) is 16.3 Å². The Morgan fingerprint density at radius 3 is 2.93 bits per heavy atom. The second-order valence-corrected chi connectivity index (χ2v) is 3.34. The summed E-state index contributed by atoms with van der Waals surface area (Å²) in [7, 11) is 1.24. The topological polar surface area (TPSA) is 35.5 Å². The van der Waals surface area contributed by atoms with E-state index in [4.69, 9.17) is 0 Å². The fourth-order valence-electron chi connectivity index (χ4n) is 0.862. The van der Waals surface area contributed by atoms with Crippen LogP contribution < -0.4 is 4.74 Å². The smallest absolute Gasteiger partial charge is 0.387 e. The second kappa shape index (κ2) is 4.90. The third-order valence-electron chi connectivity index (χ3n) is 1.45. The third-order valence-corrected chi connectivity index (χ3v) is 2.36. The van der Waals surface area contributed by atoms with Gasteiger partial charge in [-0.15, -0.1) is 11.3 Å². The van der Waals surface area contributed by atoms with Crippen molar-refractivity contribution in [1.29, 1.82) is 0 Å². The molecule has 0 aliphatic rings. The van der Waals surface area contributed by atoms with Crippen molar-refractivity contribution in [3.8, 4) is 5.75 Å². The summed E-state index contributed by atoms with van der Waals surface area (Å²) in [5.41, 5.74) is 0. The number of methoxy groups -OCH3 is 1. The Morgan fingerprint density at radius 1 is 1.64 bits per heavy atom. The monoisotopic (exact) mass is 222 g/mol. The molecule has 78 valence electrons. The highest BCUT2D eigenvalue weighted by atomic mass is 32.1. The predicted octanol–water partition coefficient (Wildman–Crippen LogP) is 2.06. The van der Waals surface area contributed by atoms with E-state index in [2.05, 4.69) is 9.47 Å². The molecule has 1 aromatic heterocycles. The molecule has 14 heavy (non-hydrogen) atoms. The van der Waals surface area contributed by atoms with Crippen LogP contribution in [0.3, 0.4) is 0 Å². The van der Waals surface area contributed by atoms with E-state index in [1.165, 1.54) is 24.5 Å². The number of esters is 1. The molecule has 3 nitrogen and oxygen atoms in total. The first-order chi connectivity index (χ1) is 6.63. The maximum atomic E-state index is 11.9. The number of hydrogen-bond acceptors (Lipinski definition) is 4. The van der Waals surface area contributed by atoms with Crippen molar-refractivity contribution in [2.45, 2.75) is 13.0 Å². The first kappa shape index (κ1) is 10.9. The minimum absolute atomic E-state index is 0.0374. The Bertz CT molecular complexity index is 311. The standard InChI is InChI=1S/C8H8F2O3S/c1-12-7(11)4-6-5(2-3-14-6)13-8(9)10/h2-3,8H,4H2,1H3. The summed E-state index contributed by atoms with van der Waals surface area (Å²) in [6.07, 6.45) is -0.0454. The van der Waals surface area contributed by atoms with E-state index in [0.717, 1.165) is 0 Å². The van der Waals surface area contributed by atoms with Gasteiger partial charge in [-0.3, -0.25) is 4.79 Å². The number of carbonyl (C=O) groups is 1. The van der Waals surface area contributed by atoms with E-state index in [1.807, 2.05) is 0 Å². The molecule has 0 radical (unpaired) electrons. The molecular weight excluding hydrogens is 214 g/mol. The molecule has 0 amide bonds. The highest BCUT2D eigenvalue weighted by molar-refractivity contribution is 7.10. The third kappa shape index (κ3) is 2.95. The molecule has 0 bridgehead atoms. The Kier molecular flexibility index (Phi) is 3.82. The zero-order valence-electron chi connectivity index (χ0n) is 7.33. The van der Waals surface area contributed by atoms with Gasteiger partial charge in [-0.2, -0.15) is 8.78 Å². The summed E-state index contributed by atoms with van der Waals surface area (Å²) in [6.45, 7) is -2.87. The molecule has 1 rings (SSSR count). The highest BCUT2D eigenvalue weighted by Gasteiger charge is 2.13. The van der Waals surface area contributed by atoms with Crippen LogP contribution in [0.4, 0.5) is 8.78 Å². The number of rotatable bonds is 4. The van der Waals surface area contributed by atoms with Gasteiger partial charge in [0.25, 0.3) is 0 Å². The summed E-state index contributed by atoms with van der Waals surface area (Å²) in [5, 5.41) is 1.58. The fraction of sp³-hybridized carbons (Fsp3) is 0.375. The lowest BCUT2D eigenvalue weighted by Gasteiger charge is -2.04. The zero-order chi connectivity index (χ0) is 10.6. The average Bonchev–Trinajstić information content (AvgIpc) is 2.52. The lowest BCUT2D eigenvalue weighted by atomic mass is 10.3. The van der Waals surface area contributed by atoms with Crippen LogP contribution in [0.5, 0.6) is 5.75 Å². The number of carbonyl (C=O) groups excluding carboxylic acids is 1. The number of hydrogen-bond donors (Lipinski definition) is 0. The summed E-state index contributed by atoms with van der Waals surface area (Å²) in [5.74, 6) is -0.443. The number of thiophene rings is 1. The summed E-state index contributed by atoms with van der Waals surface area (Å²) in [4.78, 5) is 11.3. The molecule has 0 spiro atoms. The predicted molar refractivity (Wildman–Crippen MR) is 46.7 cm³/mol. The van der Waals surface area contributed by atoms with Crippen molar-refractivity contribution in [2.24, 2.45) is 0 Å². The Balaban J connectivity index is 2.67. The summed E-state index contributed by atoms with van der Waals surface area (Å²) < 4.78 is 32.3. The van der Waals surface area contributed by atoms with Gasteiger partial charge in [-0.05, 0) is 11.4 Å². The van der Waals surface area contributed by atoms with Crippen molar-refractivity contribution >= 4 is 17.3 Å². The first-order valence-corrected chi connectivity index (χ1v) is 4.59. The van der Waals surface area contributed by atoms with Crippen LogP contribution in [0.15, 0.2) is 11.4 Å². The minimum Gasteiger partial charge on any atom is -0.469 e. The van der Waals surface area contributed by atoms with Crippen molar-refractivity contribution in [2.75, 3.05) is 7.11 Å². The fourth-order valence-corrected chi connectivity index (χ4v) is 1.65. The van der Waals surface area contributed by atoms with Gasteiger partial charge in [0.2, 0.25) is 0 Å². The quantitative estimate of drug-likeness (QED) is 0.731. The largest absolute Gasteiger partial charge is 0.469 e. The normalized spacial score (nSPS) is 10.3.